The van der Waals surface area contributed by atoms with Gasteiger partial charge in [-0.05, 0) is 6.92 Å². The largest absolute Gasteiger partial charge is 0.465 e. The van der Waals surface area contributed by atoms with Gasteiger partial charge in [0.05, 0.1) is 20.3 Å². The minimum atomic E-state index is -0.857. The Hall–Kier alpha value is -1.59. The highest BCUT2D eigenvalue weighted by Gasteiger charge is 2.39. The average Bonchev–Trinajstić information content (AvgIpc) is 2.59. The molecule has 1 atom stereocenters. The maximum Gasteiger partial charge on any atom is 0.409 e. The van der Waals surface area contributed by atoms with Crippen molar-refractivity contribution in [3.63, 3.8) is 0 Å². The van der Waals surface area contributed by atoms with Crippen LogP contribution in [-0.2, 0) is 19.1 Å². The van der Waals surface area contributed by atoms with Gasteiger partial charge in [-0.15, -0.1) is 0 Å². The summed E-state index contributed by atoms with van der Waals surface area (Å²) in [5.41, 5.74) is 0. The van der Waals surface area contributed by atoms with Crippen LogP contribution in [0.3, 0.4) is 0 Å². The molecule has 84 valence electrons. The van der Waals surface area contributed by atoms with Crippen molar-refractivity contribution in [1.29, 1.82) is 0 Å². The Morgan fingerprint density at radius 3 is 2.73 bits per heavy atom. The molecule has 0 bridgehead atoms. The fourth-order valence-electron chi connectivity index (χ4n) is 1.40. The zero-order valence-corrected chi connectivity index (χ0v) is 8.69. The molecule has 0 aromatic carbocycles. The van der Waals surface area contributed by atoms with E-state index in [2.05, 4.69) is 4.74 Å². The maximum absolute atomic E-state index is 11.4. The molecule has 1 amide bonds. The predicted octanol–water partition coefficient (Wildman–Crippen LogP) is -0.183. The molecule has 1 unspecified atom stereocenters. The lowest BCUT2D eigenvalue weighted by atomic mass is 10.1. The van der Waals surface area contributed by atoms with Crippen LogP contribution in [-0.4, -0.2) is 49.6 Å². The lowest BCUT2D eigenvalue weighted by Crippen LogP contribution is -2.30. The van der Waals surface area contributed by atoms with E-state index in [1.54, 1.807) is 6.92 Å². The Morgan fingerprint density at radius 1 is 1.53 bits per heavy atom. The molecule has 0 N–H and O–H groups in total. The molecule has 6 nitrogen and oxygen atoms in total. The molecule has 1 saturated heterocycles. The Bertz CT molecular complexity index is 288. The quantitative estimate of drug-likeness (QED) is 0.472. The molecule has 1 aliphatic rings. The van der Waals surface area contributed by atoms with Crippen molar-refractivity contribution in [3.8, 4) is 0 Å². The smallest absolute Gasteiger partial charge is 0.409 e. The number of methoxy groups -OCH3 is 1. The Kier molecular flexibility index (Phi) is 3.65. The molecule has 1 fully saturated rings. The lowest BCUT2D eigenvalue weighted by molar-refractivity contribution is -0.149. The number of carbonyl (C=O) groups excluding carboxylic acids is 3. The number of hydrogen-bond acceptors (Lipinski definition) is 5. The maximum atomic E-state index is 11.4. The number of amides is 1. The Morgan fingerprint density at radius 2 is 2.20 bits per heavy atom. The molecule has 0 aromatic rings. The van der Waals surface area contributed by atoms with Gasteiger partial charge in [0, 0.05) is 6.54 Å². The Labute approximate surface area is 87.1 Å². The topological polar surface area (TPSA) is 72.9 Å². The molecule has 1 aliphatic heterocycles. The van der Waals surface area contributed by atoms with Gasteiger partial charge >= 0.3 is 12.1 Å². The van der Waals surface area contributed by atoms with Crippen molar-refractivity contribution in [3.05, 3.63) is 0 Å². The van der Waals surface area contributed by atoms with E-state index in [9.17, 15) is 14.4 Å². The summed E-state index contributed by atoms with van der Waals surface area (Å²) in [5.74, 6) is -1.74. The van der Waals surface area contributed by atoms with Gasteiger partial charge in [0.15, 0.2) is 5.78 Å². The molecular formula is C9H13NO5. The third kappa shape index (κ3) is 2.45. The zero-order chi connectivity index (χ0) is 11.4. The third-order valence-corrected chi connectivity index (χ3v) is 2.14. The fourth-order valence-corrected chi connectivity index (χ4v) is 1.40. The van der Waals surface area contributed by atoms with E-state index in [1.807, 2.05) is 0 Å². The molecule has 0 aromatic heterocycles. The summed E-state index contributed by atoms with van der Waals surface area (Å²) in [6.07, 6.45) is -0.602. The van der Waals surface area contributed by atoms with Gasteiger partial charge in [-0.25, -0.2) is 4.79 Å². The van der Waals surface area contributed by atoms with Crippen molar-refractivity contribution in [1.82, 2.24) is 4.90 Å². The van der Waals surface area contributed by atoms with E-state index in [-0.39, 0.29) is 25.5 Å². The summed E-state index contributed by atoms with van der Waals surface area (Å²) >= 11 is 0. The first-order valence-corrected chi connectivity index (χ1v) is 4.62. The second-order valence-electron chi connectivity index (χ2n) is 3.12. The molecule has 0 aliphatic carbocycles. The van der Waals surface area contributed by atoms with Crippen LogP contribution in [0.1, 0.15) is 6.92 Å². The summed E-state index contributed by atoms with van der Waals surface area (Å²) in [6, 6.07) is 0. The highest BCUT2D eigenvalue weighted by atomic mass is 16.5. The second kappa shape index (κ2) is 4.77. The highest BCUT2D eigenvalue weighted by molar-refractivity contribution is 6.03. The molecule has 0 radical (unpaired) electrons. The summed E-state index contributed by atoms with van der Waals surface area (Å²) < 4.78 is 9.17. The van der Waals surface area contributed by atoms with Crippen molar-refractivity contribution >= 4 is 17.8 Å². The van der Waals surface area contributed by atoms with Crippen molar-refractivity contribution in [2.24, 2.45) is 5.92 Å². The number of hydrogen-bond donors (Lipinski definition) is 0. The normalized spacial score (nSPS) is 20.3. The van der Waals surface area contributed by atoms with Gasteiger partial charge in [0.25, 0.3) is 0 Å². The van der Waals surface area contributed by atoms with Crippen LogP contribution in [0.2, 0.25) is 0 Å². The van der Waals surface area contributed by atoms with E-state index in [0.717, 1.165) is 0 Å². The van der Waals surface area contributed by atoms with Crippen LogP contribution in [0.25, 0.3) is 0 Å². The SMILES string of the molecule is CCOC(=O)C1CN(C(=O)OC)CC1=O. The summed E-state index contributed by atoms with van der Waals surface area (Å²) in [7, 11) is 1.23. The first kappa shape index (κ1) is 11.5. The molecule has 0 saturated carbocycles. The molecule has 1 rings (SSSR count). The van der Waals surface area contributed by atoms with Gasteiger partial charge in [0.1, 0.15) is 5.92 Å². The monoisotopic (exact) mass is 215 g/mol. The summed E-state index contributed by atoms with van der Waals surface area (Å²) in [4.78, 5) is 34.9. The van der Waals surface area contributed by atoms with E-state index in [4.69, 9.17) is 4.74 Å². The number of ketones is 1. The number of esters is 1. The van der Waals surface area contributed by atoms with E-state index < -0.39 is 18.0 Å². The average molecular weight is 215 g/mol. The Balaban J connectivity index is 2.60. The third-order valence-electron chi connectivity index (χ3n) is 2.14. The number of rotatable bonds is 2. The van der Waals surface area contributed by atoms with Gasteiger partial charge in [-0.3, -0.25) is 14.5 Å². The summed E-state index contributed by atoms with van der Waals surface area (Å²) in [5, 5.41) is 0. The first-order chi connectivity index (χ1) is 7.10. The van der Waals surface area contributed by atoms with Crippen LogP contribution in [0.5, 0.6) is 0 Å². The van der Waals surface area contributed by atoms with E-state index in [0.29, 0.717) is 0 Å². The number of nitrogens with zero attached hydrogens (tertiary/aromatic N) is 1. The van der Waals surface area contributed by atoms with E-state index >= 15 is 0 Å². The van der Waals surface area contributed by atoms with Crippen molar-refractivity contribution in [2.45, 2.75) is 6.92 Å². The number of carbonyl (C=O) groups is 3. The first-order valence-electron chi connectivity index (χ1n) is 4.62. The van der Waals surface area contributed by atoms with Crippen LogP contribution >= 0.6 is 0 Å². The summed E-state index contributed by atoms with van der Waals surface area (Å²) in [6.45, 7) is 1.84. The molecule has 15 heavy (non-hydrogen) atoms. The second-order valence-corrected chi connectivity index (χ2v) is 3.12. The zero-order valence-electron chi connectivity index (χ0n) is 8.69. The van der Waals surface area contributed by atoms with Crippen LogP contribution in [0.15, 0.2) is 0 Å². The highest BCUT2D eigenvalue weighted by Crippen LogP contribution is 2.15. The predicted molar refractivity (Wildman–Crippen MR) is 49.1 cm³/mol. The van der Waals surface area contributed by atoms with Crippen LogP contribution in [0, 0.1) is 5.92 Å². The molecule has 6 heteroatoms. The van der Waals surface area contributed by atoms with Crippen molar-refractivity contribution in [2.75, 3.05) is 26.8 Å². The van der Waals surface area contributed by atoms with Crippen molar-refractivity contribution < 1.29 is 23.9 Å². The minimum absolute atomic E-state index is 0.0460. The van der Waals surface area contributed by atoms with Gasteiger partial charge in [-0.2, -0.15) is 0 Å². The molecular weight excluding hydrogens is 202 g/mol. The molecule has 1 heterocycles. The van der Waals surface area contributed by atoms with Gasteiger partial charge in [-0.1, -0.05) is 0 Å². The van der Waals surface area contributed by atoms with Gasteiger partial charge in [0.2, 0.25) is 0 Å². The standard InChI is InChI=1S/C9H13NO5/c1-3-15-8(12)6-4-10(5-7(6)11)9(13)14-2/h6H,3-5H2,1-2H3. The van der Waals surface area contributed by atoms with E-state index in [1.165, 1.54) is 12.0 Å². The van der Waals surface area contributed by atoms with Crippen LogP contribution in [0.4, 0.5) is 4.79 Å². The molecule has 0 spiro atoms. The van der Waals surface area contributed by atoms with Gasteiger partial charge < -0.3 is 9.47 Å². The number of ether oxygens (including phenoxy) is 2. The fraction of sp³-hybridized carbons (Fsp3) is 0.667. The lowest BCUT2D eigenvalue weighted by Gasteiger charge is -2.12. The van der Waals surface area contributed by atoms with Crippen LogP contribution < -0.4 is 0 Å². The number of Topliss-reactive ketones (excluding diaryl/α,β-unsaturated/α-hetero) is 1. The number of likely N-dealkylation sites (tertiary alicyclic amines) is 1. The minimum Gasteiger partial charge on any atom is -0.465 e.